The molecular weight excluding hydrogens is 241 g/mol. The molecule has 1 N–H and O–H groups in total. The monoisotopic (exact) mass is 261 g/mol. The van der Waals surface area contributed by atoms with Gasteiger partial charge in [0.15, 0.2) is 0 Å². The van der Waals surface area contributed by atoms with Crippen LogP contribution in [0.3, 0.4) is 0 Å². The molecule has 19 heavy (non-hydrogen) atoms. The van der Waals surface area contributed by atoms with Crippen molar-refractivity contribution in [3.8, 4) is 11.8 Å². The first-order valence-corrected chi connectivity index (χ1v) is 6.25. The van der Waals surface area contributed by atoms with E-state index in [2.05, 4.69) is 0 Å². The van der Waals surface area contributed by atoms with Crippen molar-refractivity contribution in [2.75, 3.05) is 7.11 Å². The van der Waals surface area contributed by atoms with Crippen molar-refractivity contribution in [3.63, 3.8) is 0 Å². The Labute approximate surface area is 115 Å². The Morgan fingerprint density at radius 2 is 2.00 bits per heavy atom. The van der Waals surface area contributed by atoms with Gasteiger partial charge in [0.05, 0.1) is 24.3 Å². The molecule has 0 aromatic heterocycles. The van der Waals surface area contributed by atoms with Crippen molar-refractivity contribution in [1.82, 2.24) is 0 Å². The predicted octanol–water partition coefficient (Wildman–Crippen LogP) is 1.71. The van der Waals surface area contributed by atoms with Gasteiger partial charge in [-0.1, -0.05) is 19.9 Å². The molecule has 0 aliphatic carbocycles. The minimum atomic E-state index is -1.08. The summed E-state index contributed by atoms with van der Waals surface area (Å²) in [7, 11) is 0.417. The molecular formula is C14H20BNO3. The number of rotatable bonds is 5. The summed E-state index contributed by atoms with van der Waals surface area (Å²) in [6, 6.07) is 6.90. The molecule has 0 aliphatic heterocycles. The zero-order chi connectivity index (χ0) is 14.6. The highest BCUT2D eigenvalue weighted by molar-refractivity contribution is 6.61. The van der Waals surface area contributed by atoms with Crippen LogP contribution in [0, 0.1) is 17.2 Å². The molecule has 5 heteroatoms. The SMILES string of the molecule is COc1cc(C#N)ccc1B(O)OC(C)(C)C(C)C. The molecule has 102 valence electrons. The summed E-state index contributed by atoms with van der Waals surface area (Å²) in [6.07, 6.45) is 0. The van der Waals surface area contributed by atoms with Crippen LogP contribution in [0.25, 0.3) is 0 Å². The molecule has 1 aromatic rings. The highest BCUT2D eigenvalue weighted by Gasteiger charge is 2.32. The molecule has 4 nitrogen and oxygen atoms in total. The zero-order valence-electron chi connectivity index (χ0n) is 12.1. The Balaban J connectivity index is 3.00. The van der Waals surface area contributed by atoms with Gasteiger partial charge in [0.2, 0.25) is 0 Å². The van der Waals surface area contributed by atoms with Crippen LogP contribution < -0.4 is 10.2 Å². The summed E-state index contributed by atoms with van der Waals surface area (Å²) in [5.74, 6) is 0.706. The second kappa shape index (κ2) is 6.09. The zero-order valence-corrected chi connectivity index (χ0v) is 12.1. The minimum absolute atomic E-state index is 0.256. The van der Waals surface area contributed by atoms with Crippen molar-refractivity contribution in [1.29, 1.82) is 5.26 Å². The molecule has 0 unspecified atom stereocenters. The molecule has 0 radical (unpaired) electrons. The Morgan fingerprint density at radius 3 is 2.47 bits per heavy atom. The third-order valence-corrected chi connectivity index (χ3v) is 3.43. The summed E-state index contributed by atoms with van der Waals surface area (Å²) < 4.78 is 10.9. The standard InChI is InChI=1S/C14H20BNO3/c1-10(2)14(3,4)19-15(17)12-7-6-11(9-16)8-13(12)18-5/h6-8,10,17H,1-5H3. The van der Waals surface area contributed by atoms with Crippen molar-refractivity contribution < 1.29 is 14.4 Å². The summed E-state index contributed by atoms with van der Waals surface area (Å²) in [6.45, 7) is 7.92. The highest BCUT2D eigenvalue weighted by atomic mass is 16.5. The number of hydrogen-bond donors (Lipinski definition) is 1. The Bertz CT molecular complexity index is 480. The van der Waals surface area contributed by atoms with Crippen LogP contribution in [0.5, 0.6) is 5.75 Å². The van der Waals surface area contributed by atoms with Gasteiger partial charge in [-0.25, -0.2) is 0 Å². The average Bonchev–Trinajstić information content (AvgIpc) is 2.37. The van der Waals surface area contributed by atoms with Gasteiger partial charge in [-0.3, -0.25) is 0 Å². The third kappa shape index (κ3) is 3.73. The van der Waals surface area contributed by atoms with Crippen molar-refractivity contribution in [3.05, 3.63) is 23.8 Å². The van der Waals surface area contributed by atoms with E-state index in [0.29, 0.717) is 16.8 Å². The molecule has 1 rings (SSSR count). The smallest absolute Gasteiger partial charge is 0.495 e. The third-order valence-electron chi connectivity index (χ3n) is 3.43. The van der Waals surface area contributed by atoms with Gasteiger partial charge in [0.25, 0.3) is 0 Å². The van der Waals surface area contributed by atoms with Gasteiger partial charge in [0.1, 0.15) is 5.75 Å². The summed E-state index contributed by atoms with van der Waals surface area (Å²) >= 11 is 0. The Hall–Kier alpha value is -1.51. The minimum Gasteiger partial charge on any atom is -0.497 e. The second-order valence-electron chi connectivity index (χ2n) is 5.30. The Kier molecular flexibility index (Phi) is 4.99. The van der Waals surface area contributed by atoms with E-state index in [1.165, 1.54) is 7.11 Å². The van der Waals surface area contributed by atoms with E-state index in [9.17, 15) is 5.02 Å². The van der Waals surface area contributed by atoms with Crippen LogP contribution in [0.1, 0.15) is 33.3 Å². The summed E-state index contributed by atoms with van der Waals surface area (Å²) in [5.41, 5.74) is 0.546. The molecule has 0 saturated heterocycles. The molecule has 0 saturated carbocycles. The van der Waals surface area contributed by atoms with Crippen molar-refractivity contribution in [2.45, 2.75) is 33.3 Å². The van der Waals surface area contributed by atoms with Gasteiger partial charge in [0, 0.05) is 5.46 Å². The van der Waals surface area contributed by atoms with Crippen molar-refractivity contribution in [2.24, 2.45) is 5.92 Å². The van der Waals surface area contributed by atoms with Gasteiger partial charge < -0.3 is 14.4 Å². The van der Waals surface area contributed by atoms with E-state index in [0.717, 1.165) is 0 Å². The quantitative estimate of drug-likeness (QED) is 0.819. The number of hydrogen-bond acceptors (Lipinski definition) is 4. The fourth-order valence-corrected chi connectivity index (χ4v) is 1.47. The van der Waals surface area contributed by atoms with E-state index < -0.39 is 12.7 Å². The van der Waals surface area contributed by atoms with Crippen LogP contribution in [0.15, 0.2) is 18.2 Å². The van der Waals surface area contributed by atoms with Gasteiger partial charge >= 0.3 is 7.12 Å². The van der Waals surface area contributed by atoms with Gasteiger partial charge in [-0.05, 0) is 31.9 Å². The molecule has 0 bridgehead atoms. The fraction of sp³-hybridized carbons (Fsp3) is 0.500. The van der Waals surface area contributed by atoms with Gasteiger partial charge in [-0.15, -0.1) is 0 Å². The number of benzene rings is 1. The topological polar surface area (TPSA) is 62.5 Å². The van der Waals surface area contributed by atoms with E-state index in [1.54, 1.807) is 18.2 Å². The van der Waals surface area contributed by atoms with E-state index in [4.69, 9.17) is 14.7 Å². The highest BCUT2D eigenvalue weighted by Crippen LogP contribution is 2.22. The number of nitriles is 1. The molecule has 1 aromatic carbocycles. The predicted molar refractivity (Wildman–Crippen MR) is 75.3 cm³/mol. The largest absolute Gasteiger partial charge is 0.497 e. The first-order valence-electron chi connectivity index (χ1n) is 6.25. The number of nitrogens with zero attached hydrogens (tertiary/aromatic N) is 1. The van der Waals surface area contributed by atoms with Crippen molar-refractivity contribution >= 4 is 12.6 Å². The van der Waals surface area contributed by atoms with Crippen LogP contribution in [-0.4, -0.2) is 24.9 Å². The molecule has 0 heterocycles. The number of methoxy groups -OCH3 is 1. The summed E-state index contributed by atoms with van der Waals surface area (Å²) in [4.78, 5) is 0. The molecule has 0 spiro atoms. The van der Waals surface area contributed by atoms with Gasteiger partial charge in [-0.2, -0.15) is 5.26 Å². The maximum absolute atomic E-state index is 10.2. The molecule has 0 atom stereocenters. The van der Waals surface area contributed by atoms with Crippen LogP contribution >= 0.6 is 0 Å². The lowest BCUT2D eigenvalue weighted by atomic mass is 9.76. The number of ether oxygens (including phenoxy) is 1. The molecule has 0 amide bonds. The maximum atomic E-state index is 10.2. The fourth-order valence-electron chi connectivity index (χ4n) is 1.47. The van der Waals surface area contributed by atoms with E-state index >= 15 is 0 Å². The molecule has 0 fully saturated rings. The normalized spacial score (nSPS) is 11.3. The first kappa shape index (κ1) is 15.6. The maximum Gasteiger partial charge on any atom is 0.495 e. The lowest BCUT2D eigenvalue weighted by Gasteiger charge is -2.31. The lowest BCUT2D eigenvalue weighted by molar-refractivity contribution is 0.0422. The lowest BCUT2D eigenvalue weighted by Crippen LogP contribution is -2.44. The van der Waals surface area contributed by atoms with Crippen LogP contribution in [0.2, 0.25) is 0 Å². The van der Waals surface area contributed by atoms with E-state index in [-0.39, 0.29) is 5.92 Å². The van der Waals surface area contributed by atoms with E-state index in [1.807, 2.05) is 33.8 Å². The molecule has 0 aliphatic rings. The Morgan fingerprint density at radius 1 is 1.37 bits per heavy atom. The van der Waals surface area contributed by atoms with Crippen LogP contribution in [-0.2, 0) is 4.65 Å². The first-order chi connectivity index (χ1) is 8.81. The summed E-state index contributed by atoms with van der Waals surface area (Å²) in [5, 5.41) is 19.0. The average molecular weight is 261 g/mol. The second-order valence-corrected chi connectivity index (χ2v) is 5.30. The van der Waals surface area contributed by atoms with Crippen LogP contribution in [0.4, 0.5) is 0 Å².